The van der Waals surface area contributed by atoms with Crippen LogP contribution in [-0.4, -0.2) is 41.3 Å². The summed E-state index contributed by atoms with van der Waals surface area (Å²) in [5.74, 6) is -0.775. The molecule has 1 saturated heterocycles. The zero-order chi connectivity index (χ0) is 23.3. The van der Waals surface area contributed by atoms with Crippen molar-refractivity contribution in [2.24, 2.45) is 5.92 Å². The van der Waals surface area contributed by atoms with Crippen LogP contribution in [0.25, 0.3) is 0 Å². The molecule has 0 radical (unpaired) electrons. The van der Waals surface area contributed by atoms with Crippen LogP contribution in [0.4, 0.5) is 0 Å². The predicted octanol–water partition coefficient (Wildman–Crippen LogP) is 5.30. The average Bonchev–Trinajstić information content (AvgIpc) is 2.79. The van der Waals surface area contributed by atoms with Crippen LogP contribution in [0.3, 0.4) is 0 Å². The molecule has 1 aliphatic rings. The Morgan fingerprint density at radius 3 is 2.31 bits per heavy atom. The third-order valence-electron chi connectivity index (χ3n) is 6.18. The molecule has 0 aliphatic carbocycles. The van der Waals surface area contributed by atoms with Crippen LogP contribution in [0, 0.1) is 12.8 Å². The van der Waals surface area contributed by atoms with Gasteiger partial charge in [-0.05, 0) is 55.2 Å². The van der Waals surface area contributed by atoms with Crippen LogP contribution < -0.4 is 0 Å². The molecule has 174 valence electrons. The average molecular weight is 476 g/mol. The first kappa shape index (κ1) is 24.8. The fraction of sp³-hybridized carbons (Fsp3) is 0.480. The number of carboxylic acid groups (broad SMARTS) is 1. The van der Waals surface area contributed by atoms with Gasteiger partial charge in [-0.1, -0.05) is 62.2 Å². The molecule has 1 fully saturated rings. The molecule has 0 unspecified atom stereocenters. The second kappa shape index (κ2) is 10.9. The molecule has 3 rings (SSSR count). The van der Waals surface area contributed by atoms with Gasteiger partial charge in [-0.15, -0.1) is 0 Å². The minimum atomic E-state index is -3.85. The molecule has 3 atom stereocenters. The van der Waals surface area contributed by atoms with Crippen LogP contribution in [0.15, 0.2) is 53.4 Å². The van der Waals surface area contributed by atoms with Crippen molar-refractivity contribution in [3.05, 3.63) is 65.2 Å². The molecule has 1 N–H and O–H groups in total. The maximum absolute atomic E-state index is 13.7. The Morgan fingerprint density at radius 2 is 1.75 bits per heavy atom. The Kier molecular flexibility index (Phi) is 8.42. The topological polar surface area (TPSA) is 74.7 Å². The molecular formula is C25H33NO4S2. The third kappa shape index (κ3) is 5.56. The van der Waals surface area contributed by atoms with E-state index in [9.17, 15) is 18.3 Å². The highest BCUT2D eigenvalue weighted by Crippen LogP contribution is 2.42. The number of nitrogens with zero attached hydrogens (tertiary/aromatic N) is 1. The predicted molar refractivity (Wildman–Crippen MR) is 131 cm³/mol. The molecule has 0 bridgehead atoms. The van der Waals surface area contributed by atoms with Crippen LogP contribution in [0.1, 0.15) is 55.8 Å². The quantitative estimate of drug-likeness (QED) is 0.499. The normalized spacial score (nSPS) is 22.0. The van der Waals surface area contributed by atoms with E-state index in [0.29, 0.717) is 6.42 Å². The standard InChI is InChI=1S/C25H33NO4S2/c1-4-6-15-31-24-16-23(20-11-9-19(5-2)10-12-20)26(17-22(24)25(27)28)32(29,30)21-13-7-18(3)8-14-21/h7-14,22-24H,4-6,15-17H2,1-3H3,(H,27,28)/t22-,23+,24-/m1/s1. The Balaban J connectivity index is 2.01. The number of carboxylic acids is 1. The lowest BCUT2D eigenvalue weighted by Gasteiger charge is -2.42. The zero-order valence-corrected chi connectivity index (χ0v) is 20.7. The van der Waals surface area contributed by atoms with Crippen LogP contribution in [0.2, 0.25) is 0 Å². The van der Waals surface area contributed by atoms with E-state index in [4.69, 9.17) is 0 Å². The highest BCUT2D eigenvalue weighted by molar-refractivity contribution is 7.99. The number of piperidine rings is 1. The van der Waals surface area contributed by atoms with Crippen LogP contribution in [-0.2, 0) is 21.2 Å². The highest BCUT2D eigenvalue weighted by Gasteiger charge is 2.45. The van der Waals surface area contributed by atoms with Crippen LogP contribution >= 0.6 is 11.8 Å². The summed E-state index contributed by atoms with van der Waals surface area (Å²) in [5.41, 5.74) is 3.09. The highest BCUT2D eigenvalue weighted by atomic mass is 32.2. The molecule has 0 spiro atoms. The van der Waals surface area contributed by atoms with Gasteiger partial charge in [0.25, 0.3) is 0 Å². The first-order valence-corrected chi connectivity index (χ1v) is 13.8. The van der Waals surface area contributed by atoms with E-state index < -0.39 is 21.9 Å². The van der Waals surface area contributed by atoms with Gasteiger partial charge in [0.1, 0.15) is 0 Å². The van der Waals surface area contributed by atoms with E-state index in [-0.39, 0.29) is 22.7 Å². The summed E-state index contributed by atoms with van der Waals surface area (Å²) in [5, 5.41) is 9.82. The maximum Gasteiger partial charge on any atom is 0.308 e. The Labute approximate surface area is 196 Å². The molecule has 0 amide bonds. The molecule has 2 aromatic carbocycles. The van der Waals surface area contributed by atoms with E-state index in [0.717, 1.165) is 36.1 Å². The number of benzene rings is 2. The number of thioether (sulfide) groups is 1. The fourth-order valence-corrected chi connectivity index (χ4v) is 7.29. The largest absolute Gasteiger partial charge is 0.481 e. The number of aryl methyl sites for hydroxylation is 2. The van der Waals surface area contributed by atoms with E-state index in [2.05, 4.69) is 13.8 Å². The first-order chi connectivity index (χ1) is 15.3. The smallest absolute Gasteiger partial charge is 0.308 e. The number of hydrogen-bond donors (Lipinski definition) is 1. The maximum atomic E-state index is 13.7. The lowest BCUT2D eigenvalue weighted by Crippen LogP contribution is -2.49. The van der Waals surface area contributed by atoms with Gasteiger partial charge in [0.15, 0.2) is 0 Å². The van der Waals surface area contributed by atoms with Gasteiger partial charge in [0.2, 0.25) is 10.0 Å². The zero-order valence-electron chi connectivity index (χ0n) is 19.0. The molecule has 2 aromatic rings. The van der Waals surface area contributed by atoms with E-state index in [1.54, 1.807) is 36.0 Å². The number of sulfonamides is 1. The number of carbonyl (C=O) groups is 1. The Hall–Kier alpha value is -1.83. The lowest BCUT2D eigenvalue weighted by molar-refractivity contribution is -0.143. The SMILES string of the molecule is CCCCS[C@@H]1C[C@@H](c2ccc(CC)cc2)N(S(=O)(=O)c2ccc(C)cc2)C[C@H]1C(=O)O. The molecule has 7 heteroatoms. The number of unbranched alkanes of at least 4 members (excludes halogenated alkanes) is 1. The van der Waals surface area contributed by atoms with Gasteiger partial charge in [-0.25, -0.2) is 8.42 Å². The summed E-state index contributed by atoms with van der Waals surface area (Å²) < 4.78 is 28.8. The minimum Gasteiger partial charge on any atom is -0.481 e. The summed E-state index contributed by atoms with van der Waals surface area (Å²) in [6, 6.07) is 14.5. The Bertz CT molecular complexity index is 1000. The van der Waals surface area contributed by atoms with Crippen molar-refractivity contribution in [3.63, 3.8) is 0 Å². The molecule has 0 saturated carbocycles. The molecule has 32 heavy (non-hydrogen) atoms. The molecule has 1 heterocycles. The van der Waals surface area contributed by atoms with Gasteiger partial charge in [0.05, 0.1) is 16.9 Å². The van der Waals surface area contributed by atoms with Gasteiger partial charge in [-0.3, -0.25) is 4.79 Å². The molecule has 1 aliphatic heterocycles. The monoisotopic (exact) mass is 475 g/mol. The lowest BCUT2D eigenvalue weighted by atomic mass is 9.90. The number of aliphatic carboxylic acids is 1. The summed E-state index contributed by atoms with van der Waals surface area (Å²) >= 11 is 1.67. The van der Waals surface area contributed by atoms with Crippen molar-refractivity contribution >= 4 is 27.8 Å². The van der Waals surface area contributed by atoms with Gasteiger partial charge in [-0.2, -0.15) is 16.1 Å². The minimum absolute atomic E-state index is 0.0183. The van der Waals surface area contributed by atoms with E-state index >= 15 is 0 Å². The first-order valence-electron chi connectivity index (χ1n) is 11.3. The van der Waals surface area contributed by atoms with E-state index in [1.807, 2.05) is 31.2 Å². The van der Waals surface area contributed by atoms with Crippen molar-refractivity contribution in [3.8, 4) is 0 Å². The number of hydrogen-bond acceptors (Lipinski definition) is 4. The Morgan fingerprint density at radius 1 is 1.09 bits per heavy atom. The summed E-state index contributed by atoms with van der Waals surface area (Å²) in [6.07, 6.45) is 3.47. The van der Waals surface area contributed by atoms with E-state index in [1.165, 1.54) is 9.87 Å². The second-order valence-corrected chi connectivity index (χ2v) is 11.7. The van der Waals surface area contributed by atoms with Gasteiger partial charge < -0.3 is 5.11 Å². The van der Waals surface area contributed by atoms with Crippen molar-refractivity contribution in [1.29, 1.82) is 0 Å². The van der Waals surface area contributed by atoms with Gasteiger partial charge >= 0.3 is 5.97 Å². The van der Waals surface area contributed by atoms with Crippen molar-refractivity contribution in [2.45, 2.75) is 62.6 Å². The summed E-state index contributed by atoms with van der Waals surface area (Å²) in [6.45, 7) is 6.09. The molecular weight excluding hydrogens is 442 g/mol. The van der Waals surface area contributed by atoms with Crippen molar-refractivity contribution < 1.29 is 18.3 Å². The number of rotatable bonds is 9. The van der Waals surface area contributed by atoms with Crippen LogP contribution in [0.5, 0.6) is 0 Å². The molecule has 0 aromatic heterocycles. The van der Waals surface area contributed by atoms with Crippen molar-refractivity contribution in [1.82, 2.24) is 4.31 Å². The summed E-state index contributed by atoms with van der Waals surface area (Å²) in [7, 11) is -3.85. The third-order valence-corrected chi connectivity index (χ3v) is 9.54. The van der Waals surface area contributed by atoms with Gasteiger partial charge in [0, 0.05) is 11.8 Å². The van der Waals surface area contributed by atoms with Crippen molar-refractivity contribution in [2.75, 3.05) is 12.3 Å². The second-order valence-electron chi connectivity index (χ2n) is 8.44. The summed E-state index contributed by atoms with van der Waals surface area (Å²) in [4.78, 5) is 12.4. The fourth-order valence-electron chi connectivity index (χ4n) is 4.13. The molecule has 5 nitrogen and oxygen atoms in total.